The third-order valence-corrected chi connectivity index (χ3v) is 5.51. The molecule has 150 valence electrons. The van der Waals surface area contributed by atoms with Crippen LogP contribution >= 0.6 is 11.6 Å². The van der Waals surface area contributed by atoms with E-state index >= 15 is 0 Å². The molecule has 29 heavy (non-hydrogen) atoms. The van der Waals surface area contributed by atoms with Gasteiger partial charge in [0.1, 0.15) is 5.75 Å². The second-order valence-electron chi connectivity index (χ2n) is 5.98. The third kappa shape index (κ3) is 5.94. The lowest BCUT2D eigenvalue weighted by molar-refractivity contribution is -0.123. The number of hydrogen-bond acceptors (Lipinski definition) is 5. The molecule has 1 amide bonds. The van der Waals surface area contributed by atoms with Crippen molar-refractivity contribution in [3.8, 4) is 5.75 Å². The van der Waals surface area contributed by atoms with E-state index in [1.807, 2.05) is 0 Å². The topological polar surface area (TPSA) is 97.4 Å². The number of halogens is 1. The Balaban J connectivity index is 1.58. The number of hydrogen-bond donors (Lipinski definition) is 2. The Morgan fingerprint density at radius 2 is 1.76 bits per heavy atom. The number of nitrogens with zero attached hydrogens (tertiary/aromatic N) is 1. The maximum atomic E-state index is 12.5. The fourth-order valence-corrected chi connectivity index (χ4v) is 3.77. The zero-order valence-electron chi connectivity index (χ0n) is 15.2. The van der Waals surface area contributed by atoms with Crippen molar-refractivity contribution in [2.45, 2.75) is 11.4 Å². The van der Waals surface area contributed by atoms with Crippen molar-refractivity contribution in [3.05, 3.63) is 83.6 Å². The van der Waals surface area contributed by atoms with Crippen molar-refractivity contribution in [2.24, 2.45) is 0 Å². The van der Waals surface area contributed by atoms with Crippen LogP contribution in [0.1, 0.15) is 5.56 Å². The van der Waals surface area contributed by atoms with Gasteiger partial charge in [0.2, 0.25) is 0 Å². The van der Waals surface area contributed by atoms with E-state index in [1.54, 1.807) is 54.9 Å². The Labute approximate surface area is 173 Å². The monoisotopic (exact) mass is 431 g/mol. The van der Waals surface area contributed by atoms with E-state index in [0.717, 1.165) is 5.56 Å². The minimum Gasteiger partial charge on any atom is -0.482 e. The maximum absolute atomic E-state index is 12.5. The van der Waals surface area contributed by atoms with Gasteiger partial charge < -0.3 is 10.1 Å². The highest BCUT2D eigenvalue weighted by atomic mass is 35.5. The molecule has 0 radical (unpaired) electrons. The number of carbonyl (C=O) groups excluding carboxylic acids is 1. The molecule has 0 bridgehead atoms. The number of amides is 1. The number of carbonyl (C=O) groups is 1. The van der Waals surface area contributed by atoms with E-state index in [4.69, 9.17) is 16.3 Å². The number of anilines is 1. The molecule has 0 aliphatic heterocycles. The first kappa shape index (κ1) is 20.6. The van der Waals surface area contributed by atoms with Gasteiger partial charge in [0.05, 0.1) is 9.92 Å². The zero-order valence-corrected chi connectivity index (χ0v) is 16.8. The minimum atomic E-state index is -3.80. The van der Waals surface area contributed by atoms with Gasteiger partial charge in [0.25, 0.3) is 15.9 Å². The molecule has 7 nitrogen and oxygen atoms in total. The standard InChI is InChI=1S/C20H18ClN3O4S/c21-18-12-17(29(26,27)24-16-4-2-1-3-5-16)6-7-19(18)28-14-20(25)23-13-15-8-10-22-11-9-15/h1-12,24H,13-14H2,(H,23,25). The normalized spacial score (nSPS) is 10.9. The number of ether oxygens (including phenoxy) is 1. The van der Waals surface area contributed by atoms with Gasteiger partial charge in [-0.25, -0.2) is 8.42 Å². The lowest BCUT2D eigenvalue weighted by Gasteiger charge is -2.11. The van der Waals surface area contributed by atoms with Crippen LogP contribution in [0, 0.1) is 0 Å². The summed E-state index contributed by atoms with van der Waals surface area (Å²) in [5.41, 5.74) is 1.35. The largest absolute Gasteiger partial charge is 0.482 e. The van der Waals surface area contributed by atoms with Gasteiger partial charge >= 0.3 is 0 Å². The summed E-state index contributed by atoms with van der Waals surface area (Å²) in [7, 11) is -3.80. The van der Waals surface area contributed by atoms with Crippen LogP contribution in [0.25, 0.3) is 0 Å². The van der Waals surface area contributed by atoms with E-state index in [0.29, 0.717) is 12.2 Å². The Morgan fingerprint density at radius 1 is 1.03 bits per heavy atom. The van der Waals surface area contributed by atoms with Crippen LogP contribution in [0.2, 0.25) is 5.02 Å². The molecule has 3 rings (SSSR count). The van der Waals surface area contributed by atoms with E-state index in [9.17, 15) is 13.2 Å². The summed E-state index contributed by atoms with van der Waals surface area (Å²) in [4.78, 5) is 15.8. The van der Waals surface area contributed by atoms with Crippen LogP contribution in [-0.2, 0) is 21.4 Å². The van der Waals surface area contributed by atoms with Crippen molar-refractivity contribution < 1.29 is 17.9 Å². The first-order valence-electron chi connectivity index (χ1n) is 8.60. The summed E-state index contributed by atoms with van der Waals surface area (Å²) in [6.45, 7) is 0.0972. The average Bonchev–Trinajstić information content (AvgIpc) is 2.72. The van der Waals surface area contributed by atoms with Gasteiger partial charge in [-0.1, -0.05) is 29.8 Å². The fourth-order valence-electron chi connectivity index (χ4n) is 2.38. The van der Waals surface area contributed by atoms with Crippen molar-refractivity contribution in [1.29, 1.82) is 0 Å². The average molecular weight is 432 g/mol. The summed E-state index contributed by atoms with van der Waals surface area (Å²) < 4.78 is 32.8. The smallest absolute Gasteiger partial charge is 0.261 e. The SMILES string of the molecule is O=C(COc1ccc(S(=O)(=O)Nc2ccccc2)cc1Cl)NCc1ccncc1. The molecular weight excluding hydrogens is 414 g/mol. The molecule has 3 aromatic rings. The third-order valence-electron chi connectivity index (χ3n) is 3.84. The Morgan fingerprint density at radius 3 is 2.45 bits per heavy atom. The fraction of sp³-hybridized carbons (Fsp3) is 0.100. The first-order valence-corrected chi connectivity index (χ1v) is 10.5. The number of nitrogens with one attached hydrogen (secondary N) is 2. The van der Waals surface area contributed by atoms with Crippen LogP contribution in [0.5, 0.6) is 5.75 Å². The van der Waals surface area contributed by atoms with Crippen molar-refractivity contribution in [1.82, 2.24) is 10.3 Å². The van der Waals surface area contributed by atoms with Gasteiger partial charge in [0, 0.05) is 24.6 Å². The number of sulfonamides is 1. The Kier molecular flexibility index (Phi) is 6.69. The van der Waals surface area contributed by atoms with Gasteiger partial charge in [-0.05, 0) is 48.0 Å². The molecule has 2 N–H and O–H groups in total. The van der Waals surface area contributed by atoms with Gasteiger partial charge in [-0.2, -0.15) is 0 Å². The molecule has 1 aromatic heterocycles. The molecule has 0 aliphatic carbocycles. The van der Waals surface area contributed by atoms with Crippen LogP contribution in [0.4, 0.5) is 5.69 Å². The summed E-state index contributed by atoms with van der Waals surface area (Å²) >= 11 is 6.14. The predicted octanol–water partition coefficient (Wildman–Crippen LogP) is 3.23. The molecule has 0 saturated heterocycles. The quantitative estimate of drug-likeness (QED) is 0.570. The molecule has 9 heteroatoms. The van der Waals surface area contributed by atoms with E-state index in [-0.39, 0.29) is 28.2 Å². The first-order chi connectivity index (χ1) is 13.9. The molecule has 0 spiro atoms. The second kappa shape index (κ2) is 9.40. The van der Waals surface area contributed by atoms with Gasteiger partial charge in [-0.3, -0.25) is 14.5 Å². The summed E-state index contributed by atoms with van der Waals surface area (Å²) in [5.74, 6) is -0.121. The van der Waals surface area contributed by atoms with Crippen LogP contribution in [0.3, 0.4) is 0 Å². The lowest BCUT2D eigenvalue weighted by Crippen LogP contribution is -2.28. The summed E-state index contributed by atoms with van der Waals surface area (Å²) in [6, 6.07) is 16.1. The summed E-state index contributed by atoms with van der Waals surface area (Å²) in [5, 5.41) is 2.80. The van der Waals surface area contributed by atoms with E-state index < -0.39 is 10.0 Å². The number of pyridine rings is 1. The molecule has 0 atom stereocenters. The molecule has 0 aliphatic rings. The number of rotatable bonds is 8. The molecule has 0 unspecified atom stereocenters. The maximum Gasteiger partial charge on any atom is 0.261 e. The van der Waals surface area contributed by atoms with Crippen molar-refractivity contribution in [2.75, 3.05) is 11.3 Å². The lowest BCUT2D eigenvalue weighted by atomic mass is 10.3. The second-order valence-corrected chi connectivity index (χ2v) is 8.07. The highest BCUT2D eigenvalue weighted by Gasteiger charge is 2.16. The molecule has 0 saturated carbocycles. The Hall–Kier alpha value is -3.10. The van der Waals surface area contributed by atoms with Crippen molar-refractivity contribution >= 4 is 33.2 Å². The highest BCUT2D eigenvalue weighted by molar-refractivity contribution is 7.92. The van der Waals surface area contributed by atoms with Crippen LogP contribution in [0.15, 0.2) is 78.0 Å². The molecule has 1 heterocycles. The molecule has 2 aromatic carbocycles. The summed E-state index contributed by atoms with van der Waals surface area (Å²) in [6.07, 6.45) is 3.28. The number of para-hydroxylation sites is 1. The number of benzene rings is 2. The van der Waals surface area contributed by atoms with Crippen LogP contribution in [-0.4, -0.2) is 25.9 Å². The molecule has 0 fully saturated rings. The molecular formula is C20H18ClN3O4S. The highest BCUT2D eigenvalue weighted by Crippen LogP contribution is 2.28. The van der Waals surface area contributed by atoms with Crippen molar-refractivity contribution in [3.63, 3.8) is 0 Å². The zero-order chi connectivity index (χ0) is 20.7. The minimum absolute atomic E-state index is 0.0131. The number of aromatic nitrogens is 1. The Bertz CT molecular complexity index is 1080. The van der Waals surface area contributed by atoms with Crippen LogP contribution < -0.4 is 14.8 Å². The predicted molar refractivity (Wildman–Crippen MR) is 110 cm³/mol. The van der Waals surface area contributed by atoms with E-state index in [2.05, 4.69) is 15.0 Å². The van der Waals surface area contributed by atoms with E-state index in [1.165, 1.54) is 18.2 Å². The van der Waals surface area contributed by atoms with Gasteiger partial charge in [-0.15, -0.1) is 0 Å². The van der Waals surface area contributed by atoms with Gasteiger partial charge in [0.15, 0.2) is 6.61 Å².